The Kier molecular flexibility index (Phi) is 5.82. The molecule has 0 heterocycles. The van der Waals surface area contributed by atoms with Gasteiger partial charge in [-0.1, -0.05) is 0 Å². The van der Waals surface area contributed by atoms with Gasteiger partial charge in [-0.3, -0.25) is 0 Å². The molecule has 8 heavy (non-hydrogen) atoms. The van der Waals surface area contributed by atoms with Crippen LogP contribution in [0.1, 0.15) is 12.8 Å². The number of nitrogens with zero attached hydrogens (tertiary/aromatic N) is 1. The normalized spacial score (nSPS) is 8.12. The quantitative estimate of drug-likeness (QED) is 0.321. The van der Waals surface area contributed by atoms with E-state index in [-0.39, 0.29) is 6.61 Å². The van der Waals surface area contributed by atoms with Gasteiger partial charge in [0.25, 0.3) is 0 Å². The number of aliphatic imine (C=N–C) groups is 1. The van der Waals surface area contributed by atoms with E-state index in [2.05, 4.69) is 4.99 Å². The minimum absolute atomic E-state index is 0.175. The summed E-state index contributed by atoms with van der Waals surface area (Å²) in [6.07, 6.45) is 2.90. The van der Waals surface area contributed by atoms with E-state index in [1.807, 2.05) is 0 Å². The van der Waals surface area contributed by atoms with Crippen LogP contribution in [0, 0.1) is 0 Å². The molecule has 0 aromatic heterocycles. The van der Waals surface area contributed by atoms with Crippen LogP contribution in [0.4, 0.5) is 0 Å². The van der Waals surface area contributed by atoms with Gasteiger partial charge in [0.2, 0.25) is 6.08 Å². The zero-order valence-corrected chi connectivity index (χ0v) is 4.63. The molecule has 3 nitrogen and oxygen atoms in total. The highest BCUT2D eigenvalue weighted by Crippen LogP contribution is 1.84. The van der Waals surface area contributed by atoms with Crippen molar-refractivity contribution >= 4 is 6.08 Å². The van der Waals surface area contributed by atoms with Crippen LogP contribution in [-0.4, -0.2) is 24.3 Å². The summed E-state index contributed by atoms with van der Waals surface area (Å²) in [4.78, 5) is 12.7. The van der Waals surface area contributed by atoms with E-state index in [9.17, 15) is 4.79 Å². The van der Waals surface area contributed by atoms with Gasteiger partial charge in [-0.15, -0.1) is 0 Å². The van der Waals surface area contributed by atoms with Gasteiger partial charge in [-0.05, 0) is 12.8 Å². The van der Waals surface area contributed by atoms with Gasteiger partial charge < -0.3 is 5.11 Å². The summed E-state index contributed by atoms with van der Waals surface area (Å²) in [5.74, 6) is 0. The van der Waals surface area contributed by atoms with Crippen LogP contribution >= 0.6 is 0 Å². The lowest BCUT2D eigenvalue weighted by Crippen LogP contribution is -1.84. The van der Waals surface area contributed by atoms with Crippen molar-refractivity contribution in [2.75, 3.05) is 13.2 Å². The van der Waals surface area contributed by atoms with Crippen molar-refractivity contribution in [2.45, 2.75) is 12.8 Å². The number of hydrogen-bond acceptors (Lipinski definition) is 3. The van der Waals surface area contributed by atoms with E-state index in [0.717, 1.165) is 6.42 Å². The number of aliphatic hydroxyl groups excluding tert-OH is 1. The minimum Gasteiger partial charge on any atom is -0.396 e. The Balaban J connectivity index is 2.82. The summed E-state index contributed by atoms with van der Waals surface area (Å²) in [5.41, 5.74) is 0. The van der Waals surface area contributed by atoms with Gasteiger partial charge in [0.1, 0.15) is 0 Å². The summed E-state index contributed by atoms with van der Waals surface area (Å²) in [6, 6.07) is 0. The molecular weight excluding hydrogens is 106 g/mol. The minimum atomic E-state index is 0.175. The second kappa shape index (κ2) is 6.34. The molecule has 0 fully saturated rings. The van der Waals surface area contributed by atoms with E-state index in [1.165, 1.54) is 6.08 Å². The Morgan fingerprint density at radius 1 is 1.50 bits per heavy atom. The average molecular weight is 115 g/mol. The van der Waals surface area contributed by atoms with Crippen molar-refractivity contribution in [3.8, 4) is 0 Å². The van der Waals surface area contributed by atoms with Gasteiger partial charge >= 0.3 is 0 Å². The molecule has 0 aromatic rings. The lowest BCUT2D eigenvalue weighted by molar-refractivity contribution is 0.285. The molecule has 0 aliphatic rings. The standard InChI is InChI=1S/C5H9NO2/c7-4-2-1-3-6-5-8/h7H,1-4H2. The Morgan fingerprint density at radius 2 is 2.25 bits per heavy atom. The molecule has 0 aliphatic carbocycles. The first-order valence-electron chi connectivity index (χ1n) is 2.56. The molecule has 0 bridgehead atoms. The molecule has 0 unspecified atom stereocenters. The smallest absolute Gasteiger partial charge is 0.234 e. The van der Waals surface area contributed by atoms with Gasteiger partial charge in [-0.25, -0.2) is 9.79 Å². The van der Waals surface area contributed by atoms with E-state index in [4.69, 9.17) is 5.11 Å². The van der Waals surface area contributed by atoms with Crippen LogP contribution in [0.15, 0.2) is 4.99 Å². The predicted octanol–water partition coefficient (Wildman–Crippen LogP) is 0.0947. The Bertz CT molecular complexity index is 86.4. The van der Waals surface area contributed by atoms with Gasteiger partial charge in [0.05, 0.1) is 6.54 Å². The second-order valence-corrected chi connectivity index (χ2v) is 1.40. The monoisotopic (exact) mass is 115 g/mol. The fourth-order valence-electron chi connectivity index (χ4n) is 0.348. The summed E-state index contributed by atoms with van der Waals surface area (Å²) in [7, 11) is 0. The lowest BCUT2D eigenvalue weighted by Gasteiger charge is -1.86. The van der Waals surface area contributed by atoms with E-state index in [1.54, 1.807) is 0 Å². The summed E-state index contributed by atoms with van der Waals surface area (Å²) >= 11 is 0. The molecule has 0 saturated heterocycles. The molecule has 1 N–H and O–H groups in total. The SMILES string of the molecule is O=C=NCCCCO. The third-order valence-corrected chi connectivity index (χ3v) is 0.743. The molecule has 0 atom stereocenters. The molecule has 0 amide bonds. The summed E-state index contributed by atoms with van der Waals surface area (Å²) in [5, 5.41) is 8.23. The number of hydrogen-bond donors (Lipinski definition) is 1. The Hall–Kier alpha value is -0.660. The fourth-order valence-corrected chi connectivity index (χ4v) is 0.348. The third kappa shape index (κ3) is 5.34. The third-order valence-electron chi connectivity index (χ3n) is 0.743. The predicted molar refractivity (Wildman–Crippen MR) is 29.3 cm³/mol. The largest absolute Gasteiger partial charge is 0.396 e. The topological polar surface area (TPSA) is 49.7 Å². The molecule has 0 aromatic carbocycles. The molecule has 0 spiro atoms. The van der Waals surface area contributed by atoms with E-state index >= 15 is 0 Å². The van der Waals surface area contributed by atoms with Gasteiger partial charge in [0, 0.05) is 6.61 Å². The highest BCUT2D eigenvalue weighted by Gasteiger charge is 1.80. The lowest BCUT2D eigenvalue weighted by atomic mass is 10.3. The summed E-state index contributed by atoms with van der Waals surface area (Å²) in [6.45, 7) is 0.665. The van der Waals surface area contributed by atoms with E-state index in [0.29, 0.717) is 13.0 Å². The number of aliphatic hydroxyl groups is 1. The van der Waals surface area contributed by atoms with Gasteiger partial charge in [-0.2, -0.15) is 0 Å². The zero-order valence-electron chi connectivity index (χ0n) is 4.63. The molecule has 46 valence electrons. The van der Waals surface area contributed by atoms with Crippen molar-refractivity contribution in [3.63, 3.8) is 0 Å². The van der Waals surface area contributed by atoms with Crippen LogP contribution in [0.2, 0.25) is 0 Å². The highest BCUT2D eigenvalue weighted by molar-refractivity contribution is 5.32. The molecule has 0 aliphatic heterocycles. The van der Waals surface area contributed by atoms with Gasteiger partial charge in [0.15, 0.2) is 0 Å². The van der Waals surface area contributed by atoms with Crippen molar-refractivity contribution < 1.29 is 9.90 Å². The van der Waals surface area contributed by atoms with Crippen molar-refractivity contribution in [1.82, 2.24) is 0 Å². The molecule has 0 radical (unpaired) electrons. The van der Waals surface area contributed by atoms with Crippen LogP contribution in [0.25, 0.3) is 0 Å². The average Bonchev–Trinajstić information content (AvgIpc) is 1.81. The molecule has 0 saturated carbocycles. The zero-order chi connectivity index (χ0) is 6.24. The molecule has 3 heteroatoms. The van der Waals surface area contributed by atoms with Crippen LogP contribution in [-0.2, 0) is 4.79 Å². The fraction of sp³-hybridized carbons (Fsp3) is 0.800. The number of rotatable bonds is 4. The highest BCUT2D eigenvalue weighted by atomic mass is 16.2. The van der Waals surface area contributed by atoms with Crippen LogP contribution < -0.4 is 0 Å². The van der Waals surface area contributed by atoms with Crippen LogP contribution in [0.3, 0.4) is 0 Å². The Labute approximate surface area is 48.1 Å². The van der Waals surface area contributed by atoms with Crippen molar-refractivity contribution in [3.05, 3.63) is 0 Å². The summed E-state index contributed by atoms with van der Waals surface area (Å²) < 4.78 is 0. The number of isocyanates is 1. The Morgan fingerprint density at radius 3 is 2.75 bits per heavy atom. The van der Waals surface area contributed by atoms with Crippen molar-refractivity contribution in [1.29, 1.82) is 0 Å². The maximum Gasteiger partial charge on any atom is 0.234 e. The van der Waals surface area contributed by atoms with Crippen molar-refractivity contribution in [2.24, 2.45) is 4.99 Å². The van der Waals surface area contributed by atoms with E-state index < -0.39 is 0 Å². The first kappa shape index (κ1) is 7.34. The van der Waals surface area contributed by atoms with Crippen LogP contribution in [0.5, 0.6) is 0 Å². The number of unbranched alkanes of at least 4 members (excludes halogenated alkanes) is 1. The molecular formula is C5H9NO2. The maximum absolute atomic E-state index is 9.41. The second-order valence-electron chi connectivity index (χ2n) is 1.40. The maximum atomic E-state index is 9.41. The number of carbonyl (C=O) groups excluding carboxylic acids is 1. The first-order chi connectivity index (χ1) is 3.91. The molecule has 0 rings (SSSR count). The first-order valence-corrected chi connectivity index (χ1v) is 2.56.